The second-order valence-corrected chi connectivity index (χ2v) is 7.49. The first-order valence-electron chi connectivity index (χ1n) is 7.99. The number of fused-ring (bicyclic) bond motifs is 1. The highest BCUT2D eigenvalue weighted by atomic mass is 16.5. The highest BCUT2D eigenvalue weighted by Crippen LogP contribution is 2.57. The van der Waals surface area contributed by atoms with E-state index in [1.54, 1.807) is 0 Å². The van der Waals surface area contributed by atoms with E-state index in [2.05, 4.69) is 25.8 Å². The van der Waals surface area contributed by atoms with Crippen LogP contribution in [0.1, 0.15) is 38.2 Å². The van der Waals surface area contributed by atoms with Crippen LogP contribution in [0.15, 0.2) is 16.5 Å². The van der Waals surface area contributed by atoms with Crippen LogP contribution in [-0.2, 0) is 11.3 Å². The molecule has 0 spiro atoms. The average Bonchev–Trinajstić information content (AvgIpc) is 2.83. The van der Waals surface area contributed by atoms with E-state index in [1.165, 1.54) is 6.42 Å². The number of hydrogen-bond donors (Lipinski definition) is 1. The number of rotatable bonds is 4. The minimum absolute atomic E-state index is 0.0332. The summed E-state index contributed by atoms with van der Waals surface area (Å²) in [6.45, 7) is 9.06. The van der Waals surface area contributed by atoms with Crippen molar-refractivity contribution in [3.63, 3.8) is 0 Å². The van der Waals surface area contributed by atoms with Gasteiger partial charge < -0.3 is 14.9 Å². The fourth-order valence-corrected chi connectivity index (χ4v) is 4.33. The molecule has 1 aliphatic heterocycles. The van der Waals surface area contributed by atoms with E-state index in [9.17, 15) is 0 Å². The third-order valence-corrected chi connectivity index (χ3v) is 5.65. The number of likely N-dealkylation sites (N-methyl/N-ethyl adjacent to an activating group) is 1. The summed E-state index contributed by atoms with van der Waals surface area (Å²) in [6.07, 6.45) is 2.66. The monoisotopic (exact) mass is 292 g/mol. The summed E-state index contributed by atoms with van der Waals surface area (Å²) in [7, 11) is 2.12. The Balaban J connectivity index is 1.68. The lowest BCUT2D eigenvalue weighted by atomic mass is 9.46. The fraction of sp³-hybridized carbons (Fsp3) is 0.765. The van der Waals surface area contributed by atoms with Crippen molar-refractivity contribution in [2.45, 2.75) is 51.8 Å². The molecule has 21 heavy (non-hydrogen) atoms. The molecule has 0 bridgehead atoms. The molecule has 3 rings (SSSR count). The molecule has 0 amide bonds. The van der Waals surface area contributed by atoms with Gasteiger partial charge in [-0.25, -0.2) is 0 Å². The maximum absolute atomic E-state index is 6.84. The minimum Gasteiger partial charge on any atom is -0.465 e. The molecular formula is C17H28N2O2. The predicted molar refractivity (Wildman–Crippen MR) is 82.9 cm³/mol. The Kier molecular flexibility index (Phi) is 3.67. The summed E-state index contributed by atoms with van der Waals surface area (Å²) >= 11 is 0. The molecule has 2 fully saturated rings. The summed E-state index contributed by atoms with van der Waals surface area (Å²) in [5.74, 6) is 2.46. The van der Waals surface area contributed by atoms with Gasteiger partial charge in [0.2, 0.25) is 0 Å². The van der Waals surface area contributed by atoms with Crippen molar-refractivity contribution in [1.29, 1.82) is 0 Å². The predicted octanol–water partition coefficient (Wildman–Crippen LogP) is 2.55. The van der Waals surface area contributed by atoms with Crippen LogP contribution < -0.4 is 5.73 Å². The molecule has 1 aromatic heterocycles. The molecule has 0 radical (unpaired) electrons. The van der Waals surface area contributed by atoms with Crippen molar-refractivity contribution in [1.82, 2.24) is 4.90 Å². The molecule has 4 heteroatoms. The van der Waals surface area contributed by atoms with Gasteiger partial charge in [0, 0.05) is 30.0 Å². The van der Waals surface area contributed by atoms with Crippen molar-refractivity contribution in [2.75, 3.05) is 20.2 Å². The van der Waals surface area contributed by atoms with Gasteiger partial charge in [-0.1, -0.05) is 13.8 Å². The first-order chi connectivity index (χ1) is 9.84. The topological polar surface area (TPSA) is 51.6 Å². The third-order valence-electron chi connectivity index (χ3n) is 5.65. The smallest absolute Gasteiger partial charge is 0.118 e. The first-order valence-corrected chi connectivity index (χ1v) is 7.99. The van der Waals surface area contributed by atoms with Crippen LogP contribution in [-0.4, -0.2) is 36.7 Å². The van der Waals surface area contributed by atoms with Crippen molar-refractivity contribution in [3.05, 3.63) is 23.7 Å². The van der Waals surface area contributed by atoms with E-state index in [-0.39, 0.29) is 11.0 Å². The van der Waals surface area contributed by atoms with Gasteiger partial charge in [0.15, 0.2) is 0 Å². The van der Waals surface area contributed by atoms with Gasteiger partial charge in [-0.2, -0.15) is 0 Å². The maximum atomic E-state index is 6.84. The zero-order chi connectivity index (χ0) is 15.3. The number of nitrogens with two attached hydrogens (primary N) is 1. The molecule has 3 atom stereocenters. The standard InChI is InChI=1S/C17H28N2O2/c1-12-7-8-13(21-12)10-19(4)11-17(18)14-6-5-9-20-15(14)16(17,2)3/h7-8,14-15H,5-6,9-11,18H2,1-4H3. The number of ether oxygens (including phenoxy) is 1. The van der Waals surface area contributed by atoms with Crippen molar-refractivity contribution in [2.24, 2.45) is 17.1 Å². The first kappa shape index (κ1) is 15.1. The quantitative estimate of drug-likeness (QED) is 0.926. The largest absolute Gasteiger partial charge is 0.465 e. The molecule has 1 saturated heterocycles. The summed E-state index contributed by atoms with van der Waals surface area (Å²) in [5.41, 5.74) is 6.70. The zero-order valence-corrected chi connectivity index (χ0v) is 13.7. The molecule has 2 heterocycles. The van der Waals surface area contributed by atoms with Gasteiger partial charge in [0.05, 0.1) is 12.6 Å². The van der Waals surface area contributed by atoms with E-state index in [0.717, 1.165) is 37.6 Å². The van der Waals surface area contributed by atoms with Crippen LogP contribution >= 0.6 is 0 Å². The molecule has 1 aliphatic carbocycles. The lowest BCUT2D eigenvalue weighted by Crippen LogP contribution is -2.80. The average molecular weight is 292 g/mol. The summed E-state index contributed by atoms with van der Waals surface area (Å²) in [4.78, 5) is 2.28. The highest BCUT2D eigenvalue weighted by Gasteiger charge is 2.66. The number of nitrogens with zero attached hydrogens (tertiary/aromatic N) is 1. The summed E-state index contributed by atoms with van der Waals surface area (Å²) in [5, 5.41) is 0. The van der Waals surface area contributed by atoms with Crippen LogP contribution in [0.25, 0.3) is 0 Å². The molecule has 2 N–H and O–H groups in total. The fourth-order valence-electron chi connectivity index (χ4n) is 4.33. The van der Waals surface area contributed by atoms with E-state index in [4.69, 9.17) is 14.9 Å². The molecule has 118 valence electrons. The van der Waals surface area contributed by atoms with Gasteiger partial charge in [0.25, 0.3) is 0 Å². The molecule has 2 aliphatic rings. The van der Waals surface area contributed by atoms with Crippen molar-refractivity contribution < 1.29 is 9.15 Å². The normalized spacial score (nSPS) is 34.6. The Morgan fingerprint density at radius 2 is 2.14 bits per heavy atom. The van der Waals surface area contributed by atoms with Gasteiger partial charge in [-0.15, -0.1) is 0 Å². The maximum Gasteiger partial charge on any atom is 0.118 e. The van der Waals surface area contributed by atoms with E-state index in [1.807, 2.05) is 19.1 Å². The lowest BCUT2D eigenvalue weighted by molar-refractivity contribution is -0.231. The van der Waals surface area contributed by atoms with Crippen molar-refractivity contribution in [3.8, 4) is 0 Å². The van der Waals surface area contributed by atoms with Gasteiger partial charge in [0.1, 0.15) is 11.5 Å². The number of furan rings is 1. The van der Waals surface area contributed by atoms with Crippen LogP contribution in [0.4, 0.5) is 0 Å². The van der Waals surface area contributed by atoms with Crippen LogP contribution in [0.5, 0.6) is 0 Å². The number of hydrogen-bond acceptors (Lipinski definition) is 4. The summed E-state index contributed by atoms with van der Waals surface area (Å²) in [6, 6.07) is 4.06. The second kappa shape index (κ2) is 5.11. The Labute approximate surface area is 127 Å². The molecule has 4 nitrogen and oxygen atoms in total. The minimum atomic E-state index is -0.172. The lowest BCUT2D eigenvalue weighted by Gasteiger charge is -2.67. The SMILES string of the molecule is Cc1ccc(CN(C)CC2(N)C3CCCOC3C2(C)C)o1. The Hall–Kier alpha value is -0.840. The van der Waals surface area contributed by atoms with E-state index < -0.39 is 0 Å². The van der Waals surface area contributed by atoms with Gasteiger partial charge in [-0.3, -0.25) is 4.90 Å². The van der Waals surface area contributed by atoms with Crippen molar-refractivity contribution >= 4 is 0 Å². The third kappa shape index (κ3) is 2.33. The van der Waals surface area contributed by atoms with Crippen LogP contribution in [0, 0.1) is 18.3 Å². The van der Waals surface area contributed by atoms with E-state index >= 15 is 0 Å². The van der Waals surface area contributed by atoms with Crippen LogP contribution in [0.2, 0.25) is 0 Å². The van der Waals surface area contributed by atoms with Gasteiger partial charge in [-0.05, 0) is 38.9 Å². The molecule has 1 saturated carbocycles. The van der Waals surface area contributed by atoms with Crippen LogP contribution in [0.3, 0.4) is 0 Å². The molecule has 1 aromatic rings. The Morgan fingerprint density at radius 3 is 2.81 bits per heavy atom. The molecular weight excluding hydrogens is 264 g/mol. The number of aryl methyl sites for hydroxylation is 1. The summed E-state index contributed by atoms with van der Waals surface area (Å²) < 4.78 is 11.6. The van der Waals surface area contributed by atoms with E-state index in [0.29, 0.717) is 12.0 Å². The second-order valence-electron chi connectivity index (χ2n) is 7.49. The van der Waals surface area contributed by atoms with Gasteiger partial charge >= 0.3 is 0 Å². The molecule has 0 aromatic carbocycles. The Bertz CT molecular complexity index is 511. The molecule has 3 unspecified atom stereocenters. The zero-order valence-electron chi connectivity index (χ0n) is 13.7. The highest BCUT2D eigenvalue weighted by molar-refractivity contribution is 5.21. The Morgan fingerprint density at radius 1 is 1.38 bits per heavy atom.